The summed E-state index contributed by atoms with van der Waals surface area (Å²) in [5, 5.41) is 2.55. The van der Waals surface area contributed by atoms with Crippen molar-refractivity contribution in [1.29, 1.82) is 0 Å². The van der Waals surface area contributed by atoms with Crippen molar-refractivity contribution < 1.29 is 4.84 Å². The summed E-state index contributed by atoms with van der Waals surface area (Å²) in [6, 6.07) is 9.88. The van der Waals surface area contributed by atoms with E-state index in [1.165, 1.54) is 19.3 Å². The molecule has 15 heavy (non-hydrogen) atoms. The van der Waals surface area contributed by atoms with Crippen molar-refractivity contribution in [3.8, 4) is 0 Å². The molecule has 1 aromatic rings. The van der Waals surface area contributed by atoms with E-state index in [4.69, 9.17) is 17.1 Å². The molecule has 0 amide bonds. The molecule has 0 N–H and O–H groups in total. The Balaban J connectivity index is 1.91. The van der Waals surface area contributed by atoms with E-state index < -0.39 is 0 Å². The molecule has 0 saturated carbocycles. The Morgan fingerprint density at radius 3 is 2.40 bits per heavy atom. The maximum absolute atomic E-state index is 5.64. The minimum absolute atomic E-state index is 0.581. The van der Waals surface area contributed by atoms with Crippen LogP contribution in [0.3, 0.4) is 0 Å². The van der Waals surface area contributed by atoms with E-state index in [2.05, 4.69) is 0 Å². The molecule has 0 aromatic heterocycles. The number of nitrogens with zero attached hydrogens (tertiary/aromatic N) is 1. The smallest absolute Gasteiger partial charge is 0.218 e. The van der Waals surface area contributed by atoms with Crippen molar-refractivity contribution >= 4 is 17.3 Å². The Kier molecular flexibility index (Phi) is 3.69. The molecule has 80 valence electrons. The van der Waals surface area contributed by atoms with Crippen molar-refractivity contribution in [3.63, 3.8) is 0 Å². The van der Waals surface area contributed by atoms with Crippen molar-refractivity contribution in [1.82, 2.24) is 5.06 Å². The maximum atomic E-state index is 5.64. The lowest BCUT2D eigenvalue weighted by atomic mass is 10.2. The number of benzene rings is 1. The minimum Gasteiger partial charge on any atom is -0.394 e. The third-order valence-corrected chi connectivity index (χ3v) is 2.85. The predicted molar refractivity (Wildman–Crippen MR) is 64.7 cm³/mol. The van der Waals surface area contributed by atoms with Crippen molar-refractivity contribution in [3.05, 3.63) is 35.9 Å². The van der Waals surface area contributed by atoms with Crippen LogP contribution in [0.25, 0.3) is 0 Å². The third-order valence-electron chi connectivity index (χ3n) is 2.54. The summed E-state index contributed by atoms with van der Waals surface area (Å²) in [6.07, 6.45) is 3.72. The summed E-state index contributed by atoms with van der Waals surface area (Å²) in [7, 11) is 0. The lowest BCUT2D eigenvalue weighted by molar-refractivity contribution is -0.0820. The van der Waals surface area contributed by atoms with E-state index in [0.29, 0.717) is 5.05 Å². The molecule has 1 saturated heterocycles. The van der Waals surface area contributed by atoms with Gasteiger partial charge in [0, 0.05) is 18.7 Å². The van der Waals surface area contributed by atoms with Crippen molar-refractivity contribution in [2.24, 2.45) is 0 Å². The fraction of sp³-hybridized carbons (Fsp3) is 0.417. The molecule has 0 aliphatic carbocycles. The van der Waals surface area contributed by atoms with Crippen LogP contribution in [0.15, 0.2) is 30.3 Å². The average molecular weight is 221 g/mol. The van der Waals surface area contributed by atoms with Gasteiger partial charge in [-0.1, -0.05) is 36.8 Å². The zero-order valence-corrected chi connectivity index (χ0v) is 9.50. The number of hydroxylamine groups is 2. The lowest BCUT2D eigenvalue weighted by Crippen LogP contribution is -2.32. The Labute approximate surface area is 95.8 Å². The first-order chi connectivity index (χ1) is 7.36. The molecular formula is C12H15NOS. The maximum Gasteiger partial charge on any atom is 0.218 e. The zero-order chi connectivity index (χ0) is 10.5. The fourth-order valence-corrected chi connectivity index (χ4v) is 1.94. The average Bonchev–Trinajstić information content (AvgIpc) is 2.31. The molecule has 1 fully saturated rings. The molecule has 1 heterocycles. The first-order valence-electron chi connectivity index (χ1n) is 5.38. The van der Waals surface area contributed by atoms with Crippen LogP contribution in [0.2, 0.25) is 0 Å². The van der Waals surface area contributed by atoms with Gasteiger partial charge in [0.2, 0.25) is 5.05 Å². The van der Waals surface area contributed by atoms with E-state index >= 15 is 0 Å². The number of hydrogen-bond acceptors (Lipinski definition) is 3. The van der Waals surface area contributed by atoms with Crippen LogP contribution in [0.4, 0.5) is 0 Å². The SMILES string of the molecule is S=C(ON1CCCCC1)c1ccccc1. The van der Waals surface area contributed by atoms with Gasteiger partial charge in [0.15, 0.2) is 0 Å². The largest absolute Gasteiger partial charge is 0.394 e. The monoisotopic (exact) mass is 221 g/mol. The normalized spacial score (nSPS) is 17.3. The van der Waals surface area contributed by atoms with Gasteiger partial charge in [-0.2, -0.15) is 0 Å². The van der Waals surface area contributed by atoms with Gasteiger partial charge in [-0.3, -0.25) is 0 Å². The van der Waals surface area contributed by atoms with Crippen LogP contribution < -0.4 is 0 Å². The van der Waals surface area contributed by atoms with E-state index in [1.54, 1.807) is 0 Å². The second-order valence-electron chi connectivity index (χ2n) is 3.73. The number of rotatable bonds is 2. The first-order valence-corrected chi connectivity index (χ1v) is 5.79. The topological polar surface area (TPSA) is 12.5 Å². The molecule has 1 aromatic carbocycles. The van der Waals surface area contributed by atoms with Crippen LogP contribution in [-0.2, 0) is 4.84 Å². The number of piperidine rings is 1. The minimum atomic E-state index is 0.581. The van der Waals surface area contributed by atoms with Crippen LogP contribution in [0.1, 0.15) is 24.8 Å². The van der Waals surface area contributed by atoms with E-state index in [0.717, 1.165) is 18.7 Å². The van der Waals surface area contributed by atoms with Gasteiger partial charge in [0.05, 0.1) is 0 Å². The summed E-state index contributed by atoms with van der Waals surface area (Å²) < 4.78 is 0. The molecule has 2 rings (SSSR count). The molecule has 0 atom stereocenters. The van der Waals surface area contributed by atoms with Gasteiger partial charge in [-0.25, -0.2) is 0 Å². The predicted octanol–water partition coefficient (Wildman–Crippen LogP) is 2.78. The number of thiocarbonyl (C=S) groups is 1. The van der Waals surface area contributed by atoms with Gasteiger partial charge in [0.1, 0.15) is 0 Å². The first kappa shape index (κ1) is 10.6. The molecule has 0 radical (unpaired) electrons. The fourth-order valence-electron chi connectivity index (χ4n) is 1.70. The van der Waals surface area contributed by atoms with Gasteiger partial charge in [-0.05, 0) is 25.1 Å². The molecule has 1 aliphatic heterocycles. The summed E-state index contributed by atoms with van der Waals surface area (Å²) >= 11 is 5.24. The molecule has 2 nitrogen and oxygen atoms in total. The zero-order valence-electron chi connectivity index (χ0n) is 8.69. The van der Waals surface area contributed by atoms with Crippen LogP contribution in [0, 0.1) is 0 Å². The molecule has 0 spiro atoms. The van der Waals surface area contributed by atoms with Gasteiger partial charge in [0.25, 0.3) is 0 Å². The Bertz CT molecular complexity index is 320. The molecule has 0 bridgehead atoms. The van der Waals surface area contributed by atoms with E-state index in [9.17, 15) is 0 Å². The van der Waals surface area contributed by atoms with Gasteiger partial charge in [-0.15, -0.1) is 5.06 Å². The summed E-state index contributed by atoms with van der Waals surface area (Å²) in [4.78, 5) is 5.64. The van der Waals surface area contributed by atoms with Crippen molar-refractivity contribution in [2.45, 2.75) is 19.3 Å². The van der Waals surface area contributed by atoms with Crippen LogP contribution >= 0.6 is 12.2 Å². The summed E-state index contributed by atoms with van der Waals surface area (Å²) in [5.74, 6) is 0. The van der Waals surface area contributed by atoms with E-state index in [-0.39, 0.29) is 0 Å². The van der Waals surface area contributed by atoms with Crippen molar-refractivity contribution in [2.75, 3.05) is 13.1 Å². The molecule has 3 heteroatoms. The highest BCUT2D eigenvalue weighted by Crippen LogP contribution is 2.11. The third kappa shape index (κ3) is 3.01. The second kappa shape index (κ2) is 5.24. The highest BCUT2D eigenvalue weighted by molar-refractivity contribution is 7.80. The molecule has 0 unspecified atom stereocenters. The van der Waals surface area contributed by atoms with Crippen LogP contribution in [-0.4, -0.2) is 23.2 Å². The van der Waals surface area contributed by atoms with Crippen LogP contribution in [0.5, 0.6) is 0 Å². The van der Waals surface area contributed by atoms with Gasteiger partial charge < -0.3 is 4.84 Å². The lowest BCUT2D eigenvalue weighted by Gasteiger charge is -2.26. The quantitative estimate of drug-likeness (QED) is 0.713. The second-order valence-corrected chi connectivity index (χ2v) is 4.11. The summed E-state index contributed by atoms with van der Waals surface area (Å²) in [5.41, 5.74) is 0.984. The number of hydrogen-bond donors (Lipinski definition) is 0. The molecule has 1 aliphatic rings. The van der Waals surface area contributed by atoms with Gasteiger partial charge >= 0.3 is 0 Å². The highest BCUT2D eigenvalue weighted by atomic mass is 32.1. The summed E-state index contributed by atoms with van der Waals surface area (Å²) in [6.45, 7) is 1.99. The highest BCUT2D eigenvalue weighted by Gasteiger charge is 2.13. The van der Waals surface area contributed by atoms with E-state index in [1.807, 2.05) is 35.4 Å². The standard InChI is InChI=1S/C12H15NOS/c15-12(11-7-3-1-4-8-11)14-13-9-5-2-6-10-13/h1,3-4,7-8H,2,5-6,9-10H2. The Hall–Kier alpha value is -0.930. The molecular weight excluding hydrogens is 206 g/mol. The Morgan fingerprint density at radius 1 is 1.07 bits per heavy atom. The Morgan fingerprint density at radius 2 is 1.73 bits per heavy atom.